The van der Waals surface area contributed by atoms with Crippen LogP contribution in [0.3, 0.4) is 0 Å². The number of hydrogen-bond acceptors (Lipinski definition) is 7. The lowest BCUT2D eigenvalue weighted by Gasteiger charge is -2.25. The fraction of sp³-hybridized carbons (Fsp3) is 0.583. The Hall–Kier alpha value is -2.25. The highest BCUT2D eigenvalue weighted by Gasteiger charge is 2.19. The summed E-state index contributed by atoms with van der Waals surface area (Å²) in [5.41, 5.74) is -0.0826. The predicted octanol–water partition coefficient (Wildman–Crippen LogP) is 1.48. The molecule has 2 aromatic rings. The summed E-state index contributed by atoms with van der Waals surface area (Å²) in [7, 11) is 1.77. The standard InChI is InChI=1S/C12H20N8/c1-5-6-12(2,3)19-10-16-9(13-4)17-11(18-10)20-8-14-7-15-20/h7-8H,5-6H2,1-4H3,(H2,13,16,17,18,19). The van der Waals surface area contributed by atoms with Crippen molar-refractivity contribution in [1.82, 2.24) is 29.7 Å². The average molecular weight is 276 g/mol. The monoisotopic (exact) mass is 276 g/mol. The van der Waals surface area contributed by atoms with Gasteiger partial charge < -0.3 is 10.6 Å². The third-order valence-electron chi connectivity index (χ3n) is 2.80. The highest BCUT2D eigenvalue weighted by atomic mass is 15.4. The molecule has 0 aliphatic heterocycles. The van der Waals surface area contributed by atoms with Crippen LogP contribution >= 0.6 is 0 Å². The Morgan fingerprint density at radius 2 is 1.95 bits per heavy atom. The molecule has 2 N–H and O–H groups in total. The molecule has 20 heavy (non-hydrogen) atoms. The van der Waals surface area contributed by atoms with Crippen LogP contribution in [0.25, 0.3) is 5.95 Å². The third kappa shape index (κ3) is 3.40. The summed E-state index contributed by atoms with van der Waals surface area (Å²) in [6.07, 6.45) is 5.10. The van der Waals surface area contributed by atoms with Gasteiger partial charge in [-0.3, -0.25) is 0 Å². The van der Waals surface area contributed by atoms with Crippen molar-refractivity contribution in [2.24, 2.45) is 0 Å². The van der Waals surface area contributed by atoms with Crippen molar-refractivity contribution < 1.29 is 0 Å². The molecular formula is C12H20N8. The molecule has 2 heterocycles. The maximum absolute atomic E-state index is 4.38. The van der Waals surface area contributed by atoms with E-state index in [9.17, 15) is 0 Å². The van der Waals surface area contributed by atoms with E-state index < -0.39 is 0 Å². The fourth-order valence-corrected chi connectivity index (χ4v) is 1.94. The smallest absolute Gasteiger partial charge is 0.258 e. The summed E-state index contributed by atoms with van der Waals surface area (Å²) in [6, 6.07) is 0. The van der Waals surface area contributed by atoms with Crippen molar-refractivity contribution in [1.29, 1.82) is 0 Å². The van der Waals surface area contributed by atoms with Crippen LogP contribution in [0.15, 0.2) is 12.7 Å². The molecular weight excluding hydrogens is 256 g/mol. The van der Waals surface area contributed by atoms with Gasteiger partial charge in [0.15, 0.2) is 0 Å². The third-order valence-corrected chi connectivity index (χ3v) is 2.80. The molecule has 0 atom stereocenters. The van der Waals surface area contributed by atoms with Crippen LogP contribution < -0.4 is 10.6 Å². The first-order valence-electron chi connectivity index (χ1n) is 6.61. The molecule has 0 aliphatic carbocycles. The lowest BCUT2D eigenvalue weighted by molar-refractivity contribution is 0.506. The first-order valence-corrected chi connectivity index (χ1v) is 6.61. The van der Waals surface area contributed by atoms with Gasteiger partial charge in [-0.2, -0.15) is 24.7 Å². The average Bonchev–Trinajstić information content (AvgIpc) is 2.91. The number of hydrogen-bond donors (Lipinski definition) is 2. The Bertz CT molecular complexity index is 549. The molecule has 0 aliphatic rings. The molecule has 108 valence electrons. The van der Waals surface area contributed by atoms with E-state index in [-0.39, 0.29) is 5.54 Å². The van der Waals surface area contributed by atoms with Gasteiger partial charge in [0.05, 0.1) is 0 Å². The van der Waals surface area contributed by atoms with E-state index in [1.54, 1.807) is 13.4 Å². The fourth-order valence-electron chi connectivity index (χ4n) is 1.94. The van der Waals surface area contributed by atoms with Crippen molar-refractivity contribution in [3.63, 3.8) is 0 Å². The van der Waals surface area contributed by atoms with Gasteiger partial charge >= 0.3 is 0 Å². The Morgan fingerprint density at radius 3 is 2.55 bits per heavy atom. The van der Waals surface area contributed by atoms with Gasteiger partial charge in [0, 0.05) is 12.6 Å². The molecule has 0 unspecified atom stereocenters. The molecule has 0 aromatic carbocycles. The summed E-state index contributed by atoms with van der Waals surface area (Å²) in [6.45, 7) is 6.39. The van der Waals surface area contributed by atoms with Crippen molar-refractivity contribution in [3.05, 3.63) is 12.7 Å². The lowest BCUT2D eigenvalue weighted by atomic mass is 9.99. The second-order valence-corrected chi connectivity index (χ2v) is 5.13. The van der Waals surface area contributed by atoms with Crippen LogP contribution in [0.4, 0.5) is 11.9 Å². The topological polar surface area (TPSA) is 93.4 Å². The van der Waals surface area contributed by atoms with Crippen LogP contribution in [0.1, 0.15) is 33.6 Å². The van der Waals surface area contributed by atoms with Gasteiger partial charge in [-0.25, -0.2) is 4.98 Å². The highest BCUT2D eigenvalue weighted by Crippen LogP contribution is 2.18. The molecule has 2 rings (SSSR count). The molecule has 0 fully saturated rings. The molecule has 8 nitrogen and oxygen atoms in total. The second kappa shape index (κ2) is 5.81. The van der Waals surface area contributed by atoms with Crippen LogP contribution in [0.2, 0.25) is 0 Å². The maximum Gasteiger partial charge on any atom is 0.258 e. The van der Waals surface area contributed by atoms with Crippen molar-refractivity contribution in [2.75, 3.05) is 17.7 Å². The molecule has 0 amide bonds. The number of anilines is 2. The molecule has 0 bridgehead atoms. The number of nitrogens with one attached hydrogen (secondary N) is 2. The molecule has 0 saturated carbocycles. The minimum atomic E-state index is -0.0826. The maximum atomic E-state index is 4.38. The molecule has 2 aromatic heterocycles. The summed E-state index contributed by atoms with van der Waals surface area (Å²) < 4.78 is 1.50. The van der Waals surface area contributed by atoms with Gasteiger partial charge in [0.1, 0.15) is 12.7 Å². The SMILES string of the molecule is CCCC(C)(C)Nc1nc(NC)nc(-n2cncn2)n1. The summed E-state index contributed by atoms with van der Waals surface area (Å²) in [5, 5.41) is 10.3. The van der Waals surface area contributed by atoms with Crippen molar-refractivity contribution in [3.8, 4) is 5.95 Å². The van der Waals surface area contributed by atoms with Crippen LogP contribution in [0.5, 0.6) is 0 Å². The first-order chi connectivity index (χ1) is 9.54. The summed E-state index contributed by atoms with van der Waals surface area (Å²) >= 11 is 0. The zero-order chi connectivity index (χ0) is 14.6. The Kier molecular flexibility index (Phi) is 4.11. The van der Waals surface area contributed by atoms with E-state index in [1.807, 2.05) is 0 Å². The van der Waals surface area contributed by atoms with Crippen LogP contribution in [-0.2, 0) is 0 Å². The zero-order valence-electron chi connectivity index (χ0n) is 12.3. The van der Waals surface area contributed by atoms with E-state index >= 15 is 0 Å². The first kappa shape index (κ1) is 14.2. The Labute approximate surface area is 118 Å². The van der Waals surface area contributed by atoms with Gasteiger partial charge in [-0.15, -0.1) is 0 Å². The van der Waals surface area contributed by atoms with Gasteiger partial charge in [0.2, 0.25) is 11.9 Å². The number of nitrogens with zero attached hydrogens (tertiary/aromatic N) is 6. The van der Waals surface area contributed by atoms with E-state index in [0.29, 0.717) is 17.8 Å². The lowest BCUT2D eigenvalue weighted by Crippen LogP contribution is -2.32. The molecule has 0 radical (unpaired) electrons. The summed E-state index contributed by atoms with van der Waals surface area (Å²) in [4.78, 5) is 16.9. The van der Waals surface area contributed by atoms with E-state index in [1.165, 1.54) is 11.0 Å². The minimum absolute atomic E-state index is 0.0826. The van der Waals surface area contributed by atoms with Crippen LogP contribution in [-0.4, -0.2) is 42.3 Å². The molecule has 8 heteroatoms. The van der Waals surface area contributed by atoms with Crippen molar-refractivity contribution in [2.45, 2.75) is 39.2 Å². The Morgan fingerprint density at radius 1 is 1.20 bits per heavy atom. The second-order valence-electron chi connectivity index (χ2n) is 5.13. The zero-order valence-corrected chi connectivity index (χ0v) is 12.3. The van der Waals surface area contributed by atoms with Gasteiger partial charge in [-0.05, 0) is 20.3 Å². The normalized spacial score (nSPS) is 11.4. The minimum Gasteiger partial charge on any atom is -0.357 e. The van der Waals surface area contributed by atoms with E-state index in [0.717, 1.165) is 12.8 Å². The largest absolute Gasteiger partial charge is 0.357 e. The van der Waals surface area contributed by atoms with Gasteiger partial charge in [0.25, 0.3) is 5.95 Å². The summed E-state index contributed by atoms with van der Waals surface area (Å²) in [5.74, 6) is 1.44. The van der Waals surface area contributed by atoms with E-state index in [4.69, 9.17) is 0 Å². The molecule has 0 spiro atoms. The quantitative estimate of drug-likeness (QED) is 0.825. The highest BCUT2D eigenvalue weighted by molar-refractivity contribution is 5.38. The number of aromatic nitrogens is 6. The number of rotatable bonds is 6. The van der Waals surface area contributed by atoms with Crippen molar-refractivity contribution >= 4 is 11.9 Å². The predicted molar refractivity (Wildman–Crippen MR) is 76.9 cm³/mol. The van der Waals surface area contributed by atoms with Gasteiger partial charge in [-0.1, -0.05) is 13.3 Å². The Balaban J connectivity index is 2.31. The van der Waals surface area contributed by atoms with E-state index in [2.05, 4.69) is 56.4 Å². The molecule has 0 saturated heterocycles. The van der Waals surface area contributed by atoms with Crippen LogP contribution in [0, 0.1) is 0 Å².